The molecule has 0 bridgehead atoms. The van der Waals surface area contributed by atoms with Crippen molar-refractivity contribution in [2.45, 2.75) is 32.9 Å². The minimum Gasteiger partial charge on any atom is -0.379 e. The summed E-state index contributed by atoms with van der Waals surface area (Å²) in [7, 11) is 0. The SMILES string of the molecule is CCCCOCCOCCOCCn1nccc1CN. The summed E-state index contributed by atoms with van der Waals surface area (Å²) in [6.07, 6.45) is 4.03. The molecule has 0 spiro atoms. The molecule has 0 aliphatic heterocycles. The second-order valence-corrected chi connectivity index (χ2v) is 4.44. The van der Waals surface area contributed by atoms with Gasteiger partial charge in [-0.15, -0.1) is 0 Å². The number of hydrogen-bond acceptors (Lipinski definition) is 5. The molecule has 0 saturated heterocycles. The summed E-state index contributed by atoms with van der Waals surface area (Å²) in [5, 5.41) is 4.18. The number of nitrogens with two attached hydrogens (primary N) is 1. The monoisotopic (exact) mass is 285 g/mol. The summed E-state index contributed by atoms with van der Waals surface area (Å²) in [6.45, 7) is 7.29. The van der Waals surface area contributed by atoms with Crippen LogP contribution in [0.2, 0.25) is 0 Å². The fourth-order valence-electron chi connectivity index (χ4n) is 1.67. The first-order chi connectivity index (χ1) is 9.88. The lowest BCUT2D eigenvalue weighted by molar-refractivity contribution is 0.0122. The highest BCUT2D eigenvalue weighted by atomic mass is 16.5. The Morgan fingerprint density at radius 2 is 1.70 bits per heavy atom. The molecule has 1 aromatic rings. The van der Waals surface area contributed by atoms with Crippen molar-refractivity contribution in [3.8, 4) is 0 Å². The Hall–Kier alpha value is -0.950. The molecule has 0 unspecified atom stereocenters. The van der Waals surface area contributed by atoms with Crippen LogP contribution in [0.3, 0.4) is 0 Å². The second-order valence-electron chi connectivity index (χ2n) is 4.44. The van der Waals surface area contributed by atoms with E-state index in [0.29, 0.717) is 39.6 Å². The van der Waals surface area contributed by atoms with Crippen LogP contribution >= 0.6 is 0 Å². The number of hydrogen-bond donors (Lipinski definition) is 1. The lowest BCUT2D eigenvalue weighted by atomic mass is 10.4. The number of nitrogens with zero attached hydrogens (tertiary/aromatic N) is 2. The standard InChI is InChI=1S/C14H27N3O3/c1-2-3-7-18-9-11-20-12-10-19-8-6-17-14(13-15)4-5-16-17/h4-5H,2-3,6-13,15H2,1H3. The van der Waals surface area contributed by atoms with Gasteiger partial charge in [0, 0.05) is 19.3 Å². The zero-order chi connectivity index (χ0) is 14.5. The van der Waals surface area contributed by atoms with Gasteiger partial charge in [0.2, 0.25) is 0 Å². The van der Waals surface area contributed by atoms with Crippen molar-refractivity contribution >= 4 is 0 Å². The Morgan fingerprint density at radius 1 is 1.05 bits per heavy atom. The topological polar surface area (TPSA) is 71.5 Å². The van der Waals surface area contributed by atoms with Gasteiger partial charge in [0.15, 0.2) is 0 Å². The van der Waals surface area contributed by atoms with Crippen LogP contribution in [-0.4, -0.2) is 49.4 Å². The summed E-state index contributed by atoms with van der Waals surface area (Å²) < 4.78 is 18.1. The average Bonchev–Trinajstić information content (AvgIpc) is 2.92. The maximum atomic E-state index is 5.59. The third-order valence-corrected chi connectivity index (χ3v) is 2.85. The van der Waals surface area contributed by atoms with E-state index in [1.54, 1.807) is 6.20 Å². The molecule has 0 amide bonds. The van der Waals surface area contributed by atoms with E-state index < -0.39 is 0 Å². The van der Waals surface area contributed by atoms with Gasteiger partial charge < -0.3 is 19.9 Å². The van der Waals surface area contributed by atoms with Crippen molar-refractivity contribution in [1.82, 2.24) is 9.78 Å². The number of aromatic nitrogens is 2. The molecule has 0 aliphatic rings. The third-order valence-electron chi connectivity index (χ3n) is 2.85. The third kappa shape index (κ3) is 7.59. The summed E-state index contributed by atoms with van der Waals surface area (Å²) in [6, 6.07) is 1.92. The zero-order valence-electron chi connectivity index (χ0n) is 12.4. The number of unbranched alkanes of at least 4 members (excludes halogenated alkanes) is 1. The van der Waals surface area contributed by atoms with Gasteiger partial charge in [-0.1, -0.05) is 13.3 Å². The molecule has 1 aromatic heterocycles. The van der Waals surface area contributed by atoms with Crippen LogP contribution in [0.25, 0.3) is 0 Å². The number of ether oxygens (including phenoxy) is 3. The molecule has 6 heteroatoms. The van der Waals surface area contributed by atoms with Gasteiger partial charge in [0.25, 0.3) is 0 Å². The first-order valence-electron chi connectivity index (χ1n) is 7.32. The van der Waals surface area contributed by atoms with Gasteiger partial charge in [-0.25, -0.2) is 0 Å². The lowest BCUT2D eigenvalue weighted by Crippen LogP contribution is -2.15. The Morgan fingerprint density at radius 3 is 2.35 bits per heavy atom. The summed E-state index contributed by atoms with van der Waals surface area (Å²) in [4.78, 5) is 0. The van der Waals surface area contributed by atoms with Gasteiger partial charge >= 0.3 is 0 Å². The summed E-state index contributed by atoms with van der Waals surface area (Å²) in [5.74, 6) is 0. The fourth-order valence-corrected chi connectivity index (χ4v) is 1.67. The molecule has 0 aliphatic carbocycles. The van der Waals surface area contributed by atoms with Crippen LogP contribution in [-0.2, 0) is 27.3 Å². The second kappa shape index (κ2) is 11.8. The van der Waals surface area contributed by atoms with Crippen molar-refractivity contribution in [2.75, 3.05) is 39.6 Å². The number of rotatable bonds is 13. The highest BCUT2D eigenvalue weighted by Gasteiger charge is 1.99. The largest absolute Gasteiger partial charge is 0.379 e. The van der Waals surface area contributed by atoms with Crippen molar-refractivity contribution in [1.29, 1.82) is 0 Å². The van der Waals surface area contributed by atoms with Gasteiger partial charge in [-0.2, -0.15) is 5.10 Å². The molecular weight excluding hydrogens is 258 g/mol. The Balaban J connectivity index is 1.85. The van der Waals surface area contributed by atoms with E-state index >= 15 is 0 Å². The zero-order valence-corrected chi connectivity index (χ0v) is 12.4. The predicted octanol–water partition coefficient (Wildman–Crippen LogP) is 1.19. The van der Waals surface area contributed by atoms with Crippen molar-refractivity contribution in [3.05, 3.63) is 18.0 Å². The quantitative estimate of drug-likeness (QED) is 0.551. The van der Waals surface area contributed by atoms with Crippen LogP contribution in [0, 0.1) is 0 Å². The maximum absolute atomic E-state index is 5.59. The Bertz CT molecular complexity index is 331. The fraction of sp³-hybridized carbons (Fsp3) is 0.786. The summed E-state index contributed by atoms with van der Waals surface area (Å²) in [5.41, 5.74) is 6.61. The predicted molar refractivity (Wildman–Crippen MR) is 77.5 cm³/mol. The van der Waals surface area contributed by atoms with Crippen LogP contribution in [0.15, 0.2) is 12.3 Å². The Kier molecular flexibility index (Phi) is 10.1. The maximum Gasteiger partial charge on any atom is 0.0701 e. The highest BCUT2D eigenvalue weighted by molar-refractivity contribution is 4.99. The van der Waals surface area contributed by atoms with E-state index in [4.69, 9.17) is 19.9 Å². The van der Waals surface area contributed by atoms with E-state index in [-0.39, 0.29) is 0 Å². The highest BCUT2D eigenvalue weighted by Crippen LogP contribution is 1.96. The molecule has 20 heavy (non-hydrogen) atoms. The van der Waals surface area contributed by atoms with Gasteiger partial charge in [-0.05, 0) is 12.5 Å². The molecule has 6 nitrogen and oxygen atoms in total. The minimum absolute atomic E-state index is 0.501. The smallest absolute Gasteiger partial charge is 0.0701 e. The molecular formula is C14H27N3O3. The van der Waals surface area contributed by atoms with E-state index in [1.165, 1.54) is 0 Å². The molecule has 0 atom stereocenters. The van der Waals surface area contributed by atoms with Crippen molar-refractivity contribution < 1.29 is 14.2 Å². The molecule has 1 rings (SSSR count). The van der Waals surface area contributed by atoms with Crippen LogP contribution in [0.4, 0.5) is 0 Å². The van der Waals surface area contributed by atoms with Crippen LogP contribution in [0.1, 0.15) is 25.5 Å². The van der Waals surface area contributed by atoms with E-state index in [2.05, 4.69) is 12.0 Å². The van der Waals surface area contributed by atoms with Gasteiger partial charge in [-0.3, -0.25) is 4.68 Å². The van der Waals surface area contributed by atoms with Crippen molar-refractivity contribution in [2.24, 2.45) is 5.73 Å². The molecule has 0 saturated carbocycles. The molecule has 0 fully saturated rings. The van der Waals surface area contributed by atoms with Gasteiger partial charge in [0.1, 0.15) is 0 Å². The molecule has 1 heterocycles. The molecule has 116 valence electrons. The van der Waals surface area contributed by atoms with E-state index in [0.717, 1.165) is 31.7 Å². The minimum atomic E-state index is 0.501. The first-order valence-corrected chi connectivity index (χ1v) is 7.32. The Labute approximate surface area is 121 Å². The van der Waals surface area contributed by atoms with Gasteiger partial charge in [0.05, 0.1) is 45.3 Å². The van der Waals surface area contributed by atoms with Crippen LogP contribution < -0.4 is 5.73 Å². The molecule has 0 radical (unpaired) electrons. The van der Waals surface area contributed by atoms with Crippen molar-refractivity contribution in [3.63, 3.8) is 0 Å². The normalized spacial score (nSPS) is 11.1. The summed E-state index contributed by atoms with van der Waals surface area (Å²) >= 11 is 0. The lowest BCUT2D eigenvalue weighted by Gasteiger charge is -2.08. The van der Waals surface area contributed by atoms with E-state index in [9.17, 15) is 0 Å². The first kappa shape index (κ1) is 17.1. The van der Waals surface area contributed by atoms with Crippen LogP contribution in [0.5, 0.6) is 0 Å². The molecule has 2 N–H and O–H groups in total. The van der Waals surface area contributed by atoms with E-state index in [1.807, 2.05) is 10.7 Å². The molecule has 0 aromatic carbocycles. The average molecular weight is 285 g/mol.